The molecule has 0 aliphatic heterocycles. The number of nitrogens with one attached hydrogen (secondary N) is 2. The smallest absolute Gasteiger partial charge is 0.229 e. The molecule has 120 valence electrons. The molecular formula is C18H15BrN4O. The quantitative estimate of drug-likeness (QED) is 0.694. The van der Waals surface area contributed by atoms with Crippen LogP contribution in [0, 0.1) is 0 Å². The summed E-state index contributed by atoms with van der Waals surface area (Å²) >= 11 is 3.42. The second-order valence-corrected chi connectivity index (χ2v) is 6.07. The van der Waals surface area contributed by atoms with Crippen LogP contribution in [-0.4, -0.2) is 16.1 Å². The summed E-state index contributed by atoms with van der Waals surface area (Å²) in [5, 5.41) is 14.0. The summed E-state index contributed by atoms with van der Waals surface area (Å²) in [7, 11) is 0. The van der Waals surface area contributed by atoms with Crippen LogP contribution in [0.1, 0.15) is 5.56 Å². The number of halogens is 1. The van der Waals surface area contributed by atoms with E-state index in [1.54, 1.807) is 12.1 Å². The normalized spacial score (nSPS) is 10.2. The number of nitrogens with zero attached hydrogens (tertiary/aromatic N) is 2. The molecule has 0 saturated carbocycles. The average molecular weight is 383 g/mol. The molecule has 1 amide bonds. The van der Waals surface area contributed by atoms with Crippen LogP contribution in [0.4, 0.5) is 17.3 Å². The molecule has 0 spiro atoms. The van der Waals surface area contributed by atoms with E-state index in [1.807, 2.05) is 54.6 Å². The molecule has 0 unspecified atom stereocenters. The first-order valence-electron chi connectivity index (χ1n) is 7.39. The number of hydrogen-bond donors (Lipinski definition) is 2. The van der Waals surface area contributed by atoms with Crippen LogP contribution in [0.15, 0.2) is 71.2 Å². The van der Waals surface area contributed by atoms with Crippen molar-refractivity contribution in [3.63, 3.8) is 0 Å². The maximum atomic E-state index is 12.0. The second-order valence-electron chi connectivity index (χ2n) is 5.15. The number of rotatable bonds is 5. The van der Waals surface area contributed by atoms with Gasteiger partial charge in [-0.25, -0.2) is 0 Å². The van der Waals surface area contributed by atoms with Crippen LogP contribution in [0.3, 0.4) is 0 Å². The fraction of sp³-hybridized carbons (Fsp3) is 0.0556. The Morgan fingerprint density at radius 1 is 0.917 bits per heavy atom. The van der Waals surface area contributed by atoms with Crippen molar-refractivity contribution in [2.75, 3.05) is 10.6 Å². The number of benzene rings is 2. The highest BCUT2D eigenvalue weighted by Gasteiger charge is 2.05. The van der Waals surface area contributed by atoms with Gasteiger partial charge in [0.05, 0.1) is 6.42 Å². The zero-order chi connectivity index (χ0) is 16.8. The van der Waals surface area contributed by atoms with Crippen molar-refractivity contribution in [3.8, 4) is 0 Å². The molecule has 3 rings (SSSR count). The molecule has 1 aromatic heterocycles. The molecule has 2 aromatic carbocycles. The lowest BCUT2D eigenvalue weighted by molar-refractivity contribution is -0.115. The summed E-state index contributed by atoms with van der Waals surface area (Å²) in [5.74, 6) is 0.910. The van der Waals surface area contributed by atoms with Gasteiger partial charge in [-0.1, -0.05) is 52.3 Å². The van der Waals surface area contributed by atoms with Crippen LogP contribution in [-0.2, 0) is 11.2 Å². The second kappa shape index (κ2) is 7.70. The monoisotopic (exact) mass is 382 g/mol. The van der Waals surface area contributed by atoms with Gasteiger partial charge in [0, 0.05) is 10.2 Å². The van der Waals surface area contributed by atoms with E-state index in [-0.39, 0.29) is 5.91 Å². The van der Waals surface area contributed by atoms with Gasteiger partial charge in [0.2, 0.25) is 5.91 Å². The highest BCUT2D eigenvalue weighted by atomic mass is 79.9. The molecule has 1 heterocycles. The number of carbonyl (C=O) groups excluding carboxylic acids is 1. The molecule has 3 aromatic rings. The molecule has 0 aliphatic rings. The van der Waals surface area contributed by atoms with Crippen molar-refractivity contribution in [2.45, 2.75) is 6.42 Å². The van der Waals surface area contributed by atoms with Crippen molar-refractivity contribution in [3.05, 3.63) is 76.8 Å². The van der Waals surface area contributed by atoms with Gasteiger partial charge in [-0.2, -0.15) is 0 Å². The van der Waals surface area contributed by atoms with Gasteiger partial charge in [-0.05, 0) is 35.9 Å². The molecule has 0 radical (unpaired) electrons. The minimum atomic E-state index is -0.122. The van der Waals surface area contributed by atoms with Gasteiger partial charge in [0.25, 0.3) is 0 Å². The maximum absolute atomic E-state index is 12.0. The van der Waals surface area contributed by atoms with Crippen LogP contribution < -0.4 is 10.6 Å². The number of carbonyl (C=O) groups is 1. The molecule has 0 atom stereocenters. The standard InChI is InChI=1S/C18H15BrN4O/c19-14-7-4-8-15(12-14)20-16-9-10-17(23-22-16)21-18(24)11-13-5-2-1-3-6-13/h1-10,12H,11H2,(H,20,22)(H,21,23,24). The molecule has 0 aliphatic carbocycles. The largest absolute Gasteiger partial charge is 0.339 e. The van der Waals surface area contributed by atoms with Crippen molar-refractivity contribution >= 4 is 39.2 Å². The van der Waals surface area contributed by atoms with Crippen LogP contribution in [0.2, 0.25) is 0 Å². The summed E-state index contributed by atoms with van der Waals surface area (Å²) in [6.07, 6.45) is 0.306. The summed E-state index contributed by atoms with van der Waals surface area (Å²) in [6, 6.07) is 20.8. The van der Waals surface area contributed by atoms with E-state index in [9.17, 15) is 4.79 Å². The minimum Gasteiger partial charge on any atom is -0.339 e. The Morgan fingerprint density at radius 3 is 2.38 bits per heavy atom. The van der Waals surface area contributed by atoms with Gasteiger partial charge < -0.3 is 10.6 Å². The summed E-state index contributed by atoms with van der Waals surface area (Å²) in [5.41, 5.74) is 1.86. The minimum absolute atomic E-state index is 0.122. The first-order chi connectivity index (χ1) is 11.7. The Morgan fingerprint density at radius 2 is 1.67 bits per heavy atom. The Hall–Kier alpha value is -2.73. The Labute approximate surface area is 148 Å². The molecule has 2 N–H and O–H groups in total. The Kier molecular flexibility index (Phi) is 5.18. The highest BCUT2D eigenvalue weighted by Crippen LogP contribution is 2.19. The first kappa shape index (κ1) is 16.1. The van der Waals surface area contributed by atoms with Crippen molar-refractivity contribution < 1.29 is 4.79 Å². The predicted molar refractivity (Wildman–Crippen MR) is 98.2 cm³/mol. The Bertz CT molecular complexity index is 822. The van der Waals surface area contributed by atoms with Crippen molar-refractivity contribution in [2.24, 2.45) is 0 Å². The van der Waals surface area contributed by atoms with Gasteiger partial charge >= 0.3 is 0 Å². The topological polar surface area (TPSA) is 66.9 Å². The van der Waals surface area contributed by atoms with E-state index in [0.29, 0.717) is 18.1 Å². The van der Waals surface area contributed by atoms with E-state index in [4.69, 9.17) is 0 Å². The lowest BCUT2D eigenvalue weighted by Gasteiger charge is -2.07. The van der Waals surface area contributed by atoms with Gasteiger partial charge in [0.15, 0.2) is 11.6 Å². The third-order valence-electron chi connectivity index (χ3n) is 3.24. The fourth-order valence-electron chi connectivity index (χ4n) is 2.15. The third kappa shape index (κ3) is 4.63. The predicted octanol–water partition coefficient (Wildman–Crippen LogP) is 4.16. The van der Waals surface area contributed by atoms with Crippen LogP contribution in [0.5, 0.6) is 0 Å². The van der Waals surface area contributed by atoms with E-state index < -0.39 is 0 Å². The number of anilines is 3. The number of amides is 1. The maximum Gasteiger partial charge on any atom is 0.229 e. The van der Waals surface area contributed by atoms with E-state index in [0.717, 1.165) is 15.7 Å². The van der Waals surface area contributed by atoms with Gasteiger partial charge in [0.1, 0.15) is 0 Å². The van der Waals surface area contributed by atoms with E-state index in [2.05, 4.69) is 36.8 Å². The highest BCUT2D eigenvalue weighted by molar-refractivity contribution is 9.10. The lowest BCUT2D eigenvalue weighted by atomic mass is 10.1. The average Bonchev–Trinajstić information content (AvgIpc) is 2.57. The van der Waals surface area contributed by atoms with Crippen LogP contribution in [0.25, 0.3) is 0 Å². The van der Waals surface area contributed by atoms with Gasteiger partial charge in [-0.15, -0.1) is 10.2 Å². The number of hydrogen-bond acceptors (Lipinski definition) is 4. The molecular weight excluding hydrogens is 368 g/mol. The molecule has 0 bridgehead atoms. The lowest BCUT2D eigenvalue weighted by Crippen LogP contribution is -2.15. The summed E-state index contributed by atoms with van der Waals surface area (Å²) < 4.78 is 0.977. The van der Waals surface area contributed by atoms with Crippen LogP contribution >= 0.6 is 15.9 Å². The number of aromatic nitrogens is 2. The molecule has 6 heteroatoms. The molecule has 0 fully saturated rings. The summed E-state index contributed by atoms with van der Waals surface area (Å²) in [4.78, 5) is 12.0. The molecule has 0 saturated heterocycles. The van der Waals surface area contributed by atoms with Gasteiger partial charge in [-0.3, -0.25) is 4.79 Å². The molecule has 5 nitrogen and oxygen atoms in total. The molecule has 24 heavy (non-hydrogen) atoms. The van der Waals surface area contributed by atoms with E-state index >= 15 is 0 Å². The zero-order valence-electron chi connectivity index (χ0n) is 12.7. The summed E-state index contributed by atoms with van der Waals surface area (Å²) in [6.45, 7) is 0. The Balaban J connectivity index is 1.59. The first-order valence-corrected chi connectivity index (χ1v) is 8.18. The SMILES string of the molecule is O=C(Cc1ccccc1)Nc1ccc(Nc2cccc(Br)c2)nn1. The third-order valence-corrected chi connectivity index (χ3v) is 3.73. The van der Waals surface area contributed by atoms with E-state index in [1.165, 1.54) is 0 Å². The zero-order valence-corrected chi connectivity index (χ0v) is 14.3. The van der Waals surface area contributed by atoms with Crippen molar-refractivity contribution in [1.29, 1.82) is 0 Å². The van der Waals surface area contributed by atoms with Crippen molar-refractivity contribution in [1.82, 2.24) is 10.2 Å². The fourth-order valence-corrected chi connectivity index (χ4v) is 2.55.